The van der Waals surface area contributed by atoms with Crippen LogP contribution in [0.4, 0.5) is 10.2 Å². The molecule has 35 heavy (non-hydrogen) atoms. The quantitative estimate of drug-likeness (QED) is 0.182. The van der Waals surface area contributed by atoms with Crippen molar-refractivity contribution in [2.75, 3.05) is 12.3 Å². The molecule has 5 N–H and O–H groups in total. The molecule has 0 aliphatic carbocycles. The minimum Gasteiger partial charge on any atom is -0.477 e. The van der Waals surface area contributed by atoms with Crippen molar-refractivity contribution in [1.82, 2.24) is 14.9 Å². The van der Waals surface area contributed by atoms with Gasteiger partial charge >= 0.3 is 13.8 Å². The molecule has 11 nitrogen and oxygen atoms in total. The molecular formula is C21H24FN4O7PS. The number of nitrogen functional groups attached to an aromatic ring is 1. The van der Waals surface area contributed by atoms with Crippen LogP contribution in [0.2, 0.25) is 0 Å². The zero-order valence-electron chi connectivity index (χ0n) is 18.8. The van der Waals surface area contributed by atoms with Crippen LogP contribution in [-0.2, 0) is 25.2 Å². The maximum atomic E-state index is 14.1. The third-order valence-electron chi connectivity index (χ3n) is 4.55. The molecule has 0 bridgehead atoms. The monoisotopic (exact) mass is 526 g/mol. The Morgan fingerprint density at radius 2 is 2.03 bits per heavy atom. The van der Waals surface area contributed by atoms with Gasteiger partial charge in [0, 0.05) is 34.3 Å². The Bertz CT molecular complexity index is 1200. The molecular weight excluding hydrogens is 502 g/mol. The van der Waals surface area contributed by atoms with Crippen LogP contribution < -0.4 is 5.73 Å². The largest absolute Gasteiger partial charge is 0.477 e. The van der Waals surface area contributed by atoms with Gasteiger partial charge in [0.25, 0.3) is 0 Å². The Labute approximate surface area is 204 Å². The first-order chi connectivity index (χ1) is 16.4. The van der Waals surface area contributed by atoms with E-state index < -0.39 is 26.2 Å². The van der Waals surface area contributed by atoms with Crippen molar-refractivity contribution in [2.45, 2.75) is 26.8 Å². The molecule has 1 aromatic carbocycles. The third-order valence-corrected chi connectivity index (χ3v) is 6.32. The number of benzene rings is 1. The molecule has 1 aromatic heterocycles. The summed E-state index contributed by atoms with van der Waals surface area (Å²) in [5.41, 5.74) is 6.62. The molecule has 0 aliphatic rings. The molecule has 1 heterocycles. The van der Waals surface area contributed by atoms with Gasteiger partial charge in [-0.15, -0.1) is 0 Å². The zero-order chi connectivity index (χ0) is 26.2. The van der Waals surface area contributed by atoms with Crippen molar-refractivity contribution in [1.29, 1.82) is 0 Å². The fourth-order valence-electron chi connectivity index (χ4n) is 2.78. The minimum atomic E-state index is -4.79. The number of nitrogens with zero attached hydrogens (tertiary/aromatic N) is 3. The summed E-state index contributed by atoms with van der Waals surface area (Å²) in [5, 5.41) is 9.70. The lowest BCUT2D eigenvalue weighted by atomic mass is 10.2. The Balaban J connectivity index is 2.46. The lowest BCUT2D eigenvalue weighted by molar-refractivity contribution is -0.131. The van der Waals surface area contributed by atoms with Gasteiger partial charge in [0.1, 0.15) is 17.5 Å². The number of aromatic nitrogens is 2. The van der Waals surface area contributed by atoms with Crippen molar-refractivity contribution >= 4 is 43.9 Å². The number of phosphoric acid groups is 1. The van der Waals surface area contributed by atoms with Crippen LogP contribution in [-0.4, -0.2) is 48.7 Å². The molecule has 0 unspecified atom stereocenters. The Morgan fingerprint density at radius 1 is 1.34 bits per heavy atom. The highest BCUT2D eigenvalue weighted by atomic mass is 32.2. The molecule has 0 saturated carbocycles. The summed E-state index contributed by atoms with van der Waals surface area (Å²) in [6.45, 7) is 2.64. The fraction of sp³-hybridized carbons (Fsp3) is 0.238. The Morgan fingerprint density at radius 3 is 2.60 bits per heavy atom. The number of amides is 1. The van der Waals surface area contributed by atoms with Gasteiger partial charge in [-0.1, -0.05) is 30.0 Å². The highest BCUT2D eigenvalue weighted by molar-refractivity contribution is 8.07. The van der Waals surface area contributed by atoms with E-state index in [9.17, 15) is 23.7 Å². The van der Waals surface area contributed by atoms with Crippen molar-refractivity contribution in [3.05, 3.63) is 68.7 Å². The number of hydrogen-bond acceptors (Lipinski definition) is 8. The van der Waals surface area contributed by atoms with Crippen molar-refractivity contribution in [2.24, 2.45) is 0 Å². The predicted octanol–water partition coefficient (Wildman–Crippen LogP) is 3.05. The number of carbonyl (C=O) groups is 2. The van der Waals surface area contributed by atoms with Gasteiger partial charge in [-0.2, -0.15) is 0 Å². The van der Waals surface area contributed by atoms with Crippen LogP contribution in [0.3, 0.4) is 0 Å². The summed E-state index contributed by atoms with van der Waals surface area (Å²) in [5.74, 6) is -1.41. The smallest absolute Gasteiger partial charge is 0.469 e. The van der Waals surface area contributed by atoms with Crippen molar-refractivity contribution in [3.63, 3.8) is 0 Å². The predicted molar refractivity (Wildman–Crippen MR) is 128 cm³/mol. The molecule has 0 saturated heterocycles. The first-order valence-electron chi connectivity index (χ1n) is 9.98. The summed E-state index contributed by atoms with van der Waals surface area (Å²) in [6.07, 6.45) is 2.90. The lowest BCUT2D eigenvalue weighted by Crippen LogP contribution is -2.22. The molecule has 188 valence electrons. The number of allylic oxidation sites excluding steroid dienone is 1. The molecule has 0 aliphatic heterocycles. The number of aliphatic carboxylic acids is 1. The van der Waals surface area contributed by atoms with Gasteiger partial charge in [-0.05, 0) is 26.0 Å². The van der Waals surface area contributed by atoms with Gasteiger partial charge in [0.2, 0.25) is 6.41 Å². The maximum absolute atomic E-state index is 14.1. The van der Waals surface area contributed by atoms with E-state index in [4.69, 9.17) is 15.5 Å². The van der Waals surface area contributed by atoms with Gasteiger partial charge in [-0.25, -0.2) is 23.7 Å². The van der Waals surface area contributed by atoms with E-state index in [0.29, 0.717) is 29.6 Å². The fourth-order valence-corrected chi connectivity index (χ4v) is 4.10. The number of thioether (sulfide) groups is 1. The highest BCUT2D eigenvalue weighted by Crippen LogP contribution is 2.39. The van der Waals surface area contributed by atoms with E-state index >= 15 is 0 Å². The first-order valence-corrected chi connectivity index (χ1v) is 12.3. The summed E-state index contributed by atoms with van der Waals surface area (Å²) in [7, 11) is -4.79. The van der Waals surface area contributed by atoms with Crippen LogP contribution in [0.1, 0.15) is 30.3 Å². The molecule has 0 radical (unpaired) electrons. The summed E-state index contributed by atoms with van der Waals surface area (Å²) in [4.78, 5) is 51.0. The number of anilines is 1. The molecule has 1 amide bonds. The van der Waals surface area contributed by atoms with E-state index in [1.165, 1.54) is 42.3 Å². The highest BCUT2D eigenvalue weighted by Gasteiger charge is 2.20. The second-order valence-corrected chi connectivity index (χ2v) is 9.46. The van der Waals surface area contributed by atoms with E-state index in [1.807, 2.05) is 0 Å². The topological polar surface area (TPSA) is 176 Å². The van der Waals surface area contributed by atoms with E-state index in [1.54, 1.807) is 6.92 Å². The normalized spacial score (nSPS) is 12.8. The molecule has 2 aromatic rings. The van der Waals surface area contributed by atoms with Crippen LogP contribution in [0.5, 0.6) is 0 Å². The summed E-state index contributed by atoms with van der Waals surface area (Å²) >= 11 is 0.700. The standard InChI is InChI=1S/C21H24FN4O7PS/c1-13(26(12-27)11-16-10-24-14(2)25-20(16)23)18(7-8-33-34(30,31)32)35-19(21(28)29)9-15-5-3-4-6-17(15)22/h3-6,9-10,12H,7-8,11H2,1-2H3,(H,28,29)(H2,23,24,25)(H2,30,31,32)/b18-13-,19-9+. The second kappa shape index (κ2) is 12.6. The average Bonchev–Trinajstić information content (AvgIpc) is 2.77. The number of hydrogen-bond donors (Lipinski definition) is 4. The third kappa shape index (κ3) is 8.89. The van der Waals surface area contributed by atoms with Crippen LogP contribution in [0, 0.1) is 12.7 Å². The van der Waals surface area contributed by atoms with E-state index in [2.05, 4.69) is 14.5 Å². The lowest BCUT2D eigenvalue weighted by Gasteiger charge is -2.22. The number of carboxylic acid groups (broad SMARTS) is 1. The number of rotatable bonds is 12. The summed E-state index contributed by atoms with van der Waals surface area (Å²) in [6, 6.07) is 5.56. The Hall–Kier alpha value is -3.09. The van der Waals surface area contributed by atoms with Gasteiger partial charge in [0.15, 0.2) is 0 Å². The first kappa shape index (κ1) is 28.1. The van der Waals surface area contributed by atoms with E-state index in [-0.39, 0.29) is 39.9 Å². The van der Waals surface area contributed by atoms with Gasteiger partial charge in [0.05, 0.1) is 18.1 Å². The number of nitrogens with two attached hydrogens (primary N) is 1. The van der Waals surface area contributed by atoms with Crippen molar-refractivity contribution < 1.29 is 38.0 Å². The van der Waals surface area contributed by atoms with E-state index in [0.717, 1.165) is 6.08 Å². The molecule has 0 spiro atoms. The number of phosphoric ester groups is 1. The Kier molecular flexibility index (Phi) is 10.1. The molecule has 2 rings (SSSR count). The number of carbonyl (C=O) groups excluding carboxylic acids is 1. The van der Waals surface area contributed by atoms with Crippen LogP contribution in [0.25, 0.3) is 6.08 Å². The van der Waals surface area contributed by atoms with Crippen LogP contribution >= 0.6 is 19.6 Å². The minimum absolute atomic E-state index is 0.0256. The SMILES string of the molecule is C/C(=C(\CCOP(=O)(O)O)S/C(=C/c1ccccc1F)C(=O)O)N(C=O)Cc1cnc(C)nc1N. The molecule has 0 atom stereocenters. The van der Waals surface area contributed by atoms with Gasteiger partial charge < -0.3 is 25.5 Å². The summed E-state index contributed by atoms with van der Waals surface area (Å²) < 4.78 is 29.7. The second-order valence-electron chi connectivity index (χ2n) is 7.08. The molecule has 14 heteroatoms. The van der Waals surface area contributed by atoms with Crippen LogP contribution in [0.15, 0.2) is 46.0 Å². The average molecular weight is 526 g/mol. The zero-order valence-corrected chi connectivity index (χ0v) is 20.5. The van der Waals surface area contributed by atoms with Crippen molar-refractivity contribution in [3.8, 4) is 0 Å². The maximum Gasteiger partial charge on any atom is 0.469 e. The van der Waals surface area contributed by atoms with Gasteiger partial charge in [-0.3, -0.25) is 9.32 Å². The number of halogens is 1. The number of aryl methyl sites for hydroxylation is 1. The number of carboxylic acids is 1. The molecule has 0 fully saturated rings.